The predicted molar refractivity (Wildman–Crippen MR) is 123 cm³/mol. The van der Waals surface area contributed by atoms with E-state index in [1.807, 2.05) is 90.6 Å². The van der Waals surface area contributed by atoms with E-state index in [1.54, 1.807) is 13.3 Å². The van der Waals surface area contributed by atoms with Crippen LogP contribution in [0.15, 0.2) is 84.1 Å². The van der Waals surface area contributed by atoms with Gasteiger partial charge in [0.25, 0.3) is 0 Å². The highest BCUT2D eigenvalue weighted by Gasteiger charge is 2.11. The van der Waals surface area contributed by atoms with Crippen molar-refractivity contribution in [2.75, 3.05) is 12.5 Å². The van der Waals surface area contributed by atoms with Crippen LogP contribution in [0.2, 0.25) is 5.02 Å². The Labute approximate surface area is 180 Å². The number of anilines is 1. The summed E-state index contributed by atoms with van der Waals surface area (Å²) in [4.78, 5) is 0. The van der Waals surface area contributed by atoms with Gasteiger partial charge in [-0.1, -0.05) is 35.9 Å². The number of benzene rings is 3. The van der Waals surface area contributed by atoms with E-state index in [4.69, 9.17) is 21.4 Å². The van der Waals surface area contributed by atoms with E-state index in [-0.39, 0.29) is 0 Å². The van der Waals surface area contributed by atoms with Crippen LogP contribution in [0.3, 0.4) is 0 Å². The third-order valence-electron chi connectivity index (χ3n) is 4.70. The molecule has 1 aromatic heterocycles. The van der Waals surface area contributed by atoms with E-state index in [1.165, 1.54) is 0 Å². The average Bonchev–Trinajstić information content (AvgIpc) is 3.21. The monoisotopic (exact) mass is 416 g/mol. The minimum atomic E-state index is 0.700. The number of para-hydroxylation sites is 1. The lowest BCUT2D eigenvalue weighted by atomic mass is 10.1. The van der Waals surface area contributed by atoms with E-state index in [2.05, 4.69) is 10.5 Å². The van der Waals surface area contributed by atoms with Crippen molar-refractivity contribution in [1.82, 2.24) is 9.78 Å². The molecular weight excluding hydrogens is 396 g/mol. The molecule has 0 aliphatic heterocycles. The zero-order chi connectivity index (χ0) is 20.9. The highest BCUT2D eigenvalue weighted by atomic mass is 35.5. The Kier molecular flexibility index (Phi) is 5.82. The number of aryl methyl sites for hydroxylation is 1. The fraction of sp³-hybridized carbons (Fsp3) is 0.0833. The number of methoxy groups -OCH3 is 1. The maximum absolute atomic E-state index is 6.20. The van der Waals surface area contributed by atoms with Gasteiger partial charge >= 0.3 is 0 Å². The summed E-state index contributed by atoms with van der Waals surface area (Å²) >= 11 is 6.20. The normalized spacial score (nSPS) is 11.0. The number of hydrogen-bond acceptors (Lipinski definition) is 4. The second-order valence-electron chi connectivity index (χ2n) is 6.78. The molecule has 150 valence electrons. The molecule has 0 radical (unpaired) electrons. The maximum Gasteiger partial charge on any atom is 0.118 e. The van der Waals surface area contributed by atoms with Crippen molar-refractivity contribution in [1.29, 1.82) is 0 Å². The van der Waals surface area contributed by atoms with Crippen molar-refractivity contribution < 1.29 is 4.74 Å². The number of halogens is 1. The van der Waals surface area contributed by atoms with Crippen molar-refractivity contribution >= 4 is 23.5 Å². The number of hydrogen-bond donors (Lipinski definition) is 1. The van der Waals surface area contributed by atoms with E-state index in [9.17, 15) is 0 Å². The quantitative estimate of drug-likeness (QED) is 0.312. The topological polar surface area (TPSA) is 51.4 Å². The van der Waals surface area contributed by atoms with Gasteiger partial charge in [0, 0.05) is 22.3 Å². The molecule has 5 nitrogen and oxygen atoms in total. The smallest absolute Gasteiger partial charge is 0.118 e. The third-order valence-corrected chi connectivity index (χ3v) is 5.10. The number of rotatable bonds is 6. The van der Waals surface area contributed by atoms with Crippen LogP contribution >= 0.6 is 11.6 Å². The first-order valence-corrected chi connectivity index (χ1v) is 9.86. The Morgan fingerprint density at radius 1 is 1.03 bits per heavy atom. The Balaban J connectivity index is 1.67. The Morgan fingerprint density at radius 3 is 2.50 bits per heavy atom. The van der Waals surface area contributed by atoms with Crippen molar-refractivity contribution in [3.63, 3.8) is 0 Å². The summed E-state index contributed by atoms with van der Waals surface area (Å²) in [7, 11) is 1.65. The standard InChI is InChI=1S/C24H21ClN4O/c1-17-8-11-20(14-23(17)25)27-26-15-19-16-29(21-6-4-3-5-7-21)28-24(19)18-9-12-22(30-2)13-10-18/h3-16,27H,1-2H3/b26-15-. The van der Waals surface area contributed by atoms with Gasteiger partial charge in [0.1, 0.15) is 11.4 Å². The molecule has 0 saturated carbocycles. The van der Waals surface area contributed by atoms with Gasteiger partial charge in [-0.05, 0) is 61.0 Å². The van der Waals surface area contributed by atoms with E-state index in [0.717, 1.165) is 39.5 Å². The maximum atomic E-state index is 6.20. The fourth-order valence-corrected chi connectivity index (χ4v) is 3.19. The average molecular weight is 417 g/mol. The number of ether oxygens (including phenoxy) is 1. The molecular formula is C24H21ClN4O. The zero-order valence-electron chi connectivity index (χ0n) is 16.7. The number of nitrogens with zero attached hydrogens (tertiary/aromatic N) is 3. The molecule has 0 amide bonds. The lowest BCUT2D eigenvalue weighted by Gasteiger charge is -2.03. The molecule has 0 unspecified atom stereocenters. The summed E-state index contributed by atoms with van der Waals surface area (Å²) in [5.41, 5.74) is 8.55. The molecule has 6 heteroatoms. The van der Waals surface area contributed by atoms with Gasteiger partial charge < -0.3 is 4.74 Å². The molecule has 0 atom stereocenters. The Morgan fingerprint density at radius 2 is 1.80 bits per heavy atom. The summed E-state index contributed by atoms with van der Waals surface area (Å²) < 4.78 is 7.12. The summed E-state index contributed by atoms with van der Waals surface area (Å²) in [6.07, 6.45) is 3.72. The van der Waals surface area contributed by atoms with Gasteiger partial charge in [0.15, 0.2) is 0 Å². The summed E-state index contributed by atoms with van der Waals surface area (Å²) in [6, 6.07) is 23.5. The number of aromatic nitrogens is 2. The third kappa shape index (κ3) is 4.36. The molecule has 30 heavy (non-hydrogen) atoms. The summed E-state index contributed by atoms with van der Waals surface area (Å²) in [5, 5.41) is 9.89. The molecule has 4 aromatic rings. The number of hydrazone groups is 1. The lowest BCUT2D eigenvalue weighted by Crippen LogP contribution is -1.94. The molecule has 0 aliphatic rings. The molecule has 3 aromatic carbocycles. The van der Waals surface area contributed by atoms with Gasteiger partial charge in [-0.25, -0.2) is 4.68 Å². The van der Waals surface area contributed by atoms with Crippen LogP contribution < -0.4 is 10.2 Å². The second kappa shape index (κ2) is 8.84. The van der Waals surface area contributed by atoms with Crippen molar-refractivity contribution in [3.8, 4) is 22.7 Å². The van der Waals surface area contributed by atoms with Gasteiger partial charge in [-0.2, -0.15) is 10.2 Å². The van der Waals surface area contributed by atoms with Crippen LogP contribution in [0.1, 0.15) is 11.1 Å². The molecule has 4 rings (SSSR count). The molecule has 0 fully saturated rings. The van der Waals surface area contributed by atoms with Crippen LogP contribution in [-0.4, -0.2) is 23.1 Å². The fourth-order valence-electron chi connectivity index (χ4n) is 3.01. The van der Waals surface area contributed by atoms with E-state index in [0.29, 0.717) is 5.02 Å². The summed E-state index contributed by atoms with van der Waals surface area (Å²) in [6.45, 7) is 1.97. The SMILES string of the molecule is COc1ccc(-c2nn(-c3ccccc3)cc2/C=N\Nc2ccc(C)c(Cl)c2)cc1. The minimum absolute atomic E-state index is 0.700. The van der Waals surface area contributed by atoms with E-state index < -0.39 is 0 Å². The molecule has 1 heterocycles. The highest BCUT2D eigenvalue weighted by molar-refractivity contribution is 6.31. The molecule has 0 bridgehead atoms. The molecule has 0 saturated heterocycles. The van der Waals surface area contributed by atoms with Gasteiger partial charge in [0.2, 0.25) is 0 Å². The Hall–Kier alpha value is -3.57. The lowest BCUT2D eigenvalue weighted by molar-refractivity contribution is 0.415. The van der Waals surface area contributed by atoms with Crippen molar-refractivity contribution in [2.45, 2.75) is 6.92 Å². The second-order valence-corrected chi connectivity index (χ2v) is 7.18. The van der Waals surface area contributed by atoms with Gasteiger partial charge in [-0.15, -0.1) is 0 Å². The first kappa shape index (κ1) is 19.7. The van der Waals surface area contributed by atoms with Crippen LogP contribution in [0, 0.1) is 6.92 Å². The molecule has 1 N–H and O–H groups in total. The highest BCUT2D eigenvalue weighted by Crippen LogP contribution is 2.25. The van der Waals surface area contributed by atoms with Crippen LogP contribution in [0.5, 0.6) is 5.75 Å². The number of nitrogens with one attached hydrogen (secondary N) is 1. The Bertz CT molecular complexity index is 1170. The first-order chi connectivity index (χ1) is 14.6. The van der Waals surface area contributed by atoms with Crippen LogP contribution in [0.25, 0.3) is 16.9 Å². The van der Waals surface area contributed by atoms with Crippen molar-refractivity contribution in [3.05, 3.63) is 95.1 Å². The molecule has 0 spiro atoms. The van der Waals surface area contributed by atoms with Crippen molar-refractivity contribution in [2.24, 2.45) is 5.10 Å². The van der Waals surface area contributed by atoms with Gasteiger partial charge in [-0.3, -0.25) is 5.43 Å². The molecule has 0 aliphatic carbocycles. The minimum Gasteiger partial charge on any atom is -0.497 e. The largest absolute Gasteiger partial charge is 0.497 e. The zero-order valence-corrected chi connectivity index (χ0v) is 17.5. The van der Waals surface area contributed by atoms with Crippen LogP contribution in [-0.2, 0) is 0 Å². The first-order valence-electron chi connectivity index (χ1n) is 9.49. The van der Waals surface area contributed by atoms with E-state index >= 15 is 0 Å². The summed E-state index contributed by atoms with van der Waals surface area (Å²) in [5.74, 6) is 0.800. The van der Waals surface area contributed by atoms with Gasteiger partial charge in [0.05, 0.1) is 24.7 Å². The van der Waals surface area contributed by atoms with Crippen LogP contribution in [0.4, 0.5) is 5.69 Å². The predicted octanol–water partition coefficient (Wildman–Crippen LogP) is 5.96.